The molecule has 1 rings (SSSR count). The number of nitrogens with one attached hydrogen (secondary N) is 1. The Kier molecular flexibility index (Phi) is 8.55. The molecule has 23 heavy (non-hydrogen) atoms. The van der Waals surface area contributed by atoms with Gasteiger partial charge < -0.3 is 15.2 Å². The average molecular weight is 328 g/mol. The molecule has 6 nitrogen and oxygen atoms in total. The summed E-state index contributed by atoms with van der Waals surface area (Å²) in [5, 5.41) is 12.1. The zero-order valence-corrected chi connectivity index (χ0v) is 14.9. The monoisotopic (exact) mass is 328 g/mol. The van der Waals surface area contributed by atoms with Crippen LogP contribution in [-0.4, -0.2) is 60.3 Å². The van der Waals surface area contributed by atoms with Crippen molar-refractivity contribution in [1.82, 2.24) is 10.2 Å². The molecule has 0 aromatic rings. The van der Waals surface area contributed by atoms with Gasteiger partial charge in [-0.25, -0.2) is 4.79 Å². The van der Waals surface area contributed by atoms with E-state index in [4.69, 9.17) is 4.74 Å². The Balaban J connectivity index is 2.86. The van der Waals surface area contributed by atoms with Gasteiger partial charge in [0.1, 0.15) is 6.04 Å². The Morgan fingerprint density at radius 3 is 2.17 bits per heavy atom. The number of amides is 1. The highest BCUT2D eigenvalue weighted by Gasteiger charge is 2.35. The van der Waals surface area contributed by atoms with Gasteiger partial charge >= 0.3 is 5.97 Å². The molecule has 0 radical (unpaired) electrons. The van der Waals surface area contributed by atoms with Gasteiger partial charge in [0.2, 0.25) is 5.91 Å². The first-order valence-corrected chi connectivity index (χ1v) is 8.75. The van der Waals surface area contributed by atoms with E-state index in [0.717, 1.165) is 25.9 Å². The van der Waals surface area contributed by atoms with Gasteiger partial charge in [-0.2, -0.15) is 0 Å². The lowest BCUT2D eigenvalue weighted by atomic mass is 9.91. The molecule has 6 heteroatoms. The number of aliphatic carboxylic acids is 1. The minimum Gasteiger partial charge on any atom is -0.480 e. The molecular weight excluding hydrogens is 296 g/mol. The van der Waals surface area contributed by atoms with Gasteiger partial charge in [-0.05, 0) is 18.3 Å². The standard InChI is InChI=1S/C17H32N2O4/c1-5-13(6-2)15(19-7-9-23-10-8-19)16(20)18-14(17(21)22)11-12(3)4/h12-15H,5-11H2,1-4H3,(H,18,20)(H,21,22)/t14-,15?/m1/s1. The fourth-order valence-corrected chi connectivity index (χ4v) is 3.22. The van der Waals surface area contributed by atoms with Crippen molar-refractivity contribution in [3.05, 3.63) is 0 Å². The van der Waals surface area contributed by atoms with Crippen LogP contribution in [0.1, 0.15) is 47.0 Å². The van der Waals surface area contributed by atoms with Gasteiger partial charge in [0.25, 0.3) is 0 Å². The Morgan fingerprint density at radius 2 is 1.74 bits per heavy atom. The minimum atomic E-state index is -0.961. The normalized spacial score (nSPS) is 18.9. The number of carboxylic acid groups (broad SMARTS) is 1. The summed E-state index contributed by atoms with van der Waals surface area (Å²) >= 11 is 0. The first-order chi connectivity index (χ1) is 10.9. The molecule has 1 unspecified atom stereocenters. The molecule has 2 atom stereocenters. The van der Waals surface area contributed by atoms with Crippen molar-refractivity contribution < 1.29 is 19.4 Å². The van der Waals surface area contributed by atoms with Crippen LogP contribution in [0.4, 0.5) is 0 Å². The predicted molar refractivity (Wildman–Crippen MR) is 89.3 cm³/mol. The maximum atomic E-state index is 12.8. The number of carboxylic acids is 1. The van der Waals surface area contributed by atoms with E-state index in [1.54, 1.807) is 0 Å². The molecule has 1 fully saturated rings. The fourth-order valence-electron chi connectivity index (χ4n) is 3.22. The predicted octanol–water partition coefficient (Wildman–Crippen LogP) is 1.74. The highest BCUT2D eigenvalue weighted by molar-refractivity contribution is 5.87. The van der Waals surface area contributed by atoms with E-state index in [2.05, 4.69) is 24.1 Å². The SMILES string of the molecule is CCC(CC)C(C(=O)N[C@H](CC(C)C)C(=O)O)N1CCOCC1. The number of nitrogens with zero attached hydrogens (tertiary/aromatic N) is 1. The first kappa shape index (κ1) is 19.9. The summed E-state index contributed by atoms with van der Waals surface area (Å²) in [6.07, 6.45) is 2.24. The molecule has 1 aliphatic rings. The van der Waals surface area contributed by atoms with Gasteiger partial charge in [-0.1, -0.05) is 40.5 Å². The number of carbonyl (C=O) groups excluding carboxylic acids is 1. The molecule has 0 spiro atoms. The highest BCUT2D eigenvalue weighted by atomic mass is 16.5. The molecule has 0 aromatic heterocycles. The molecule has 1 amide bonds. The van der Waals surface area contributed by atoms with E-state index in [1.807, 2.05) is 13.8 Å². The van der Waals surface area contributed by atoms with Crippen LogP contribution in [0.2, 0.25) is 0 Å². The van der Waals surface area contributed by atoms with Crippen LogP contribution in [0.5, 0.6) is 0 Å². The fraction of sp³-hybridized carbons (Fsp3) is 0.882. The number of hydrogen-bond donors (Lipinski definition) is 2. The van der Waals surface area contributed by atoms with Crippen molar-refractivity contribution in [3.8, 4) is 0 Å². The third-order valence-electron chi connectivity index (χ3n) is 4.52. The van der Waals surface area contributed by atoms with Crippen LogP contribution in [0.25, 0.3) is 0 Å². The smallest absolute Gasteiger partial charge is 0.326 e. The van der Waals surface area contributed by atoms with Gasteiger partial charge in [-0.3, -0.25) is 9.69 Å². The van der Waals surface area contributed by atoms with Crippen molar-refractivity contribution in [1.29, 1.82) is 0 Å². The Labute approximate surface area is 139 Å². The average Bonchev–Trinajstić information content (AvgIpc) is 2.51. The molecule has 1 heterocycles. The highest BCUT2D eigenvalue weighted by Crippen LogP contribution is 2.21. The topological polar surface area (TPSA) is 78.9 Å². The molecule has 1 aliphatic heterocycles. The molecule has 0 aliphatic carbocycles. The third kappa shape index (κ3) is 6.11. The van der Waals surface area contributed by atoms with Crippen LogP contribution in [-0.2, 0) is 14.3 Å². The Morgan fingerprint density at radius 1 is 1.17 bits per heavy atom. The lowest BCUT2D eigenvalue weighted by Crippen LogP contribution is -2.57. The van der Waals surface area contributed by atoms with E-state index in [1.165, 1.54) is 0 Å². The number of rotatable bonds is 9. The lowest BCUT2D eigenvalue weighted by molar-refractivity contribution is -0.144. The summed E-state index contributed by atoms with van der Waals surface area (Å²) in [5.74, 6) is -0.682. The molecular formula is C17H32N2O4. The van der Waals surface area contributed by atoms with Gasteiger partial charge in [0.15, 0.2) is 0 Å². The number of morpholine rings is 1. The van der Waals surface area contributed by atoms with Crippen molar-refractivity contribution in [3.63, 3.8) is 0 Å². The summed E-state index contributed by atoms with van der Waals surface area (Å²) in [7, 11) is 0. The summed E-state index contributed by atoms with van der Waals surface area (Å²) in [6, 6.07) is -1.09. The summed E-state index contributed by atoms with van der Waals surface area (Å²) in [4.78, 5) is 26.4. The van der Waals surface area contributed by atoms with E-state index in [-0.39, 0.29) is 23.8 Å². The van der Waals surface area contributed by atoms with E-state index < -0.39 is 12.0 Å². The second-order valence-corrected chi connectivity index (χ2v) is 6.70. The van der Waals surface area contributed by atoms with Crippen LogP contribution < -0.4 is 5.32 Å². The van der Waals surface area contributed by atoms with Gasteiger partial charge in [-0.15, -0.1) is 0 Å². The third-order valence-corrected chi connectivity index (χ3v) is 4.52. The molecule has 0 aromatic carbocycles. The van der Waals surface area contributed by atoms with Crippen molar-refractivity contribution in [2.75, 3.05) is 26.3 Å². The summed E-state index contributed by atoms with van der Waals surface area (Å²) < 4.78 is 5.38. The molecule has 0 saturated carbocycles. The van der Waals surface area contributed by atoms with Crippen LogP contribution in [0.15, 0.2) is 0 Å². The van der Waals surface area contributed by atoms with Gasteiger partial charge in [0, 0.05) is 13.1 Å². The summed E-state index contributed by atoms with van der Waals surface area (Å²) in [6.45, 7) is 10.8. The van der Waals surface area contributed by atoms with Crippen molar-refractivity contribution in [2.24, 2.45) is 11.8 Å². The second-order valence-electron chi connectivity index (χ2n) is 6.70. The van der Waals surface area contributed by atoms with Crippen LogP contribution in [0.3, 0.4) is 0 Å². The Bertz CT molecular complexity index is 377. The molecule has 134 valence electrons. The quantitative estimate of drug-likeness (QED) is 0.674. The number of hydrogen-bond acceptors (Lipinski definition) is 4. The van der Waals surface area contributed by atoms with Gasteiger partial charge in [0.05, 0.1) is 19.3 Å². The number of carbonyl (C=O) groups is 2. The van der Waals surface area contributed by atoms with Crippen molar-refractivity contribution >= 4 is 11.9 Å². The van der Waals surface area contributed by atoms with Crippen LogP contribution >= 0.6 is 0 Å². The maximum Gasteiger partial charge on any atom is 0.326 e. The zero-order chi connectivity index (χ0) is 17.4. The minimum absolute atomic E-state index is 0.159. The van der Waals surface area contributed by atoms with Crippen molar-refractivity contribution in [2.45, 2.75) is 59.0 Å². The molecule has 0 bridgehead atoms. The van der Waals surface area contributed by atoms with E-state index in [9.17, 15) is 14.7 Å². The zero-order valence-electron chi connectivity index (χ0n) is 14.9. The van der Waals surface area contributed by atoms with E-state index in [0.29, 0.717) is 19.6 Å². The first-order valence-electron chi connectivity index (χ1n) is 8.75. The largest absolute Gasteiger partial charge is 0.480 e. The molecule has 2 N–H and O–H groups in total. The second kappa shape index (κ2) is 9.88. The summed E-state index contributed by atoms with van der Waals surface area (Å²) in [5.41, 5.74) is 0. The van der Waals surface area contributed by atoms with Crippen LogP contribution in [0, 0.1) is 11.8 Å². The molecule has 1 saturated heterocycles. The lowest BCUT2D eigenvalue weighted by Gasteiger charge is -2.38. The maximum absolute atomic E-state index is 12.8. The van der Waals surface area contributed by atoms with E-state index >= 15 is 0 Å². The Hall–Kier alpha value is -1.14. The number of ether oxygens (including phenoxy) is 1.